The van der Waals surface area contributed by atoms with E-state index in [4.69, 9.17) is 45.3 Å². The summed E-state index contributed by atoms with van der Waals surface area (Å²) in [5.41, 5.74) is 12.2. The number of benzene rings is 4. The molecule has 56 heavy (non-hydrogen) atoms. The zero-order valence-corrected chi connectivity index (χ0v) is 34.4. The minimum absolute atomic E-state index is 0.0451. The number of amides is 1. The van der Waals surface area contributed by atoms with Crippen molar-refractivity contribution in [3.8, 4) is 11.5 Å². The molecule has 6 aromatic rings. The number of nitrogens with zero attached hydrogens (tertiary/aromatic N) is 6. The van der Waals surface area contributed by atoms with Crippen LogP contribution in [0.25, 0.3) is 21.8 Å². The Hall–Kier alpha value is -5.31. The number of phenols is 1. The molecular weight excluding hydrogens is 777 g/mol. The van der Waals surface area contributed by atoms with Crippen molar-refractivity contribution >= 4 is 91.3 Å². The highest BCUT2D eigenvalue weighted by molar-refractivity contribution is 6.36. The molecule has 0 saturated heterocycles. The first-order valence-corrected chi connectivity index (χ1v) is 18.3. The highest BCUT2D eigenvalue weighted by atomic mass is 35.5. The number of ether oxygens (including phenoxy) is 1. The number of carbonyl (C=O) groups is 2. The second-order valence-corrected chi connectivity index (χ2v) is 14.5. The zero-order valence-electron chi connectivity index (χ0n) is 32.1. The Kier molecular flexibility index (Phi) is 15.5. The molecule has 0 atom stereocenters. The molecule has 0 aliphatic rings. The van der Waals surface area contributed by atoms with Gasteiger partial charge in [-0.2, -0.15) is 0 Å². The second-order valence-electron chi connectivity index (χ2n) is 13.3. The fourth-order valence-corrected chi connectivity index (χ4v) is 6.14. The summed E-state index contributed by atoms with van der Waals surface area (Å²) in [5.74, 6) is 1.10. The Morgan fingerprint density at radius 1 is 0.768 bits per heavy atom. The molecule has 4 aromatic carbocycles. The lowest BCUT2D eigenvalue weighted by molar-refractivity contribution is -0.116. The van der Waals surface area contributed by atoms with Crippen LogP contribution >= 0.6 is 34.8 Å². The number of phenolic OH excluding ortho intramolecular Hbond substituents is 1. The highest BCUT2D eigenvalue weighted by Gasteiger charge is 2.11. The maximum atomic E-state index is 11.5. The maximum Gasteiger partial charge on any atom is 0.227 e. The van der Waals surface area contributed by atoms with Gasteiger partial charge in [-0.1, -0.05) is 29.3 Å². The van der Waals surface area contributed by atoms with E-state index in [1.165, 1.54) is 19.2 Å². The van der Waals surface area contributed by atoms with Gasteiger partial charge in [-0.3, -0.25) is 9.59 Å². The molecule has 0 aliphatic heterocycles. The number of nitrogen functional groups attached to an aromatic ring is 1. The van der Waals surface area contributed by atoms with Crippen molar-refractivity contribution in [2.24, 2.45) is 0 Å². The molecule has 0 unspecified atom stereocenters. The lowest BCUT2D eigenvalue weighted by atomic mass is 10.0. The fourth-order valence-electron chi connectivity index (χ4n) is 5.60. The fraction of sp³-hybridized carbons (Fsp3) is 0.250. The summed E-state index contributed by atoms with van der Waals surface area (Å²) < 4.78 is 5.38. The number of ketones is 1. The molecule has 0 saturated carbocycles. The monoisotopic (exact) mass is 819 g/mol. The molecule has 0 bridgehead atoms. The van der Waals surface area contributed by atoms with E-state index in [1.807, 2.05) is 64.6 Å². The predicted molar refractivity (Wildman–Crippen MR) is 226 cm³/mol. The van der Waals surface area contributed by atoms with Crippen molar-refractivity contribution < 1.29 is 19.4 Å². The van der Waals surface area contributed by atoms with Gasteiger partial charge < -0.3 is 36.0 Å². The second kappa shape index (κ2) is 20.0. The maximum absolute atomic E-state index is 11.5. The summed E-state index contributed by atoms with van der Waals surface area (Å²) in [6, 6.07) is 18.2. The van der Waals surface area contributed by atoms with E-state index in [0.717, 1.165) is 41.2 Å². The lowest BCUT2D eigenvalue weighted by Gasteiger charge is -2.15. The van der Waals surface area contributed by atoms with Gasteiger partial charge in [-0.25, -0.2) is 19.9 Å². The minimum Gasteiger partial charge on any atom is -0.506 e. The number of nitrogens with two attached hydrogens (primary N) is 1. The Morgan fingerprint density at radius 3 is 1.98 bits per heavy atom. The summed E-state index contributed by atoms with van der Waals surface area (Å²) in [6.45, 7) is 4.64. The lowest BCUT2D eigenvalue weighted by Crippen LogP contribution is -2.12. The Bertz CT molecular complexity index is 2340. The molecule has 1 amide bonds. The first-order chi connectivity index (χ1) is 26.5. The molecular formula is C40H44Cl3N9O4. The van der Waals surface area contributed by atoms with Crippen molar-refractivity contribution in [2.45, 2.75) is 33.4 Å². The van der Waals surface area contributed by atoms with Crippen LogP contribution in [0.1, 0.15) is 30.5 Å². The van der Waals surface area contributed by atoms with Crippen LogP contribution in [0.2, 0.25) is 15.3 Å². The third-order valence-electron chi connectivity index (χ3n) is 7.62. The first kappa shape index (κ1) is 43.4. The number of Topliss-reactive ketones (excluding diaryl/α,β-unsaturated/α-hetero) is 1. The van der Waals surface area contributed by atoms with E-state index in [1.54, 1.807) is 38.4 Å². The number of rotatable bonds is 10. The number of aromatic hydroxyl groups is 1. The number of aromatic nitrogens is 4. The van der Waals surface area contributed by atoms with Crippen LogP contribution in [0.3, 0.4) is 0 Å². The van der Waals surface area contributed by atoms with Crippen LogP contribution in [0, 0.1) is 0 Å². The molecule has 2 heterocycles. The van der Waals surface area contributed by atoms with Gasteiger partial charge in [0.2, 0.25) is 17.1 Å². The first-order valence-electron chi connectivity index (χ1n) is 17.2. The van der Waals surface area contributed by atoms with Crippen molar-refractivity contribution in [2.75, 3.05) is 51.7 Å². The summed E-state index contributed by atoms with van der Waals surface area (Å²) in [5, 5.41) is 17.9. The number of halogens is 3. The molecule has 16 heteroatoms. The molecule has 6 rings (SSSR count). The van der Waals surface area contributed by atoms with Crippen molar-refractivity contribution in [1.29, 1.82) is 0 Å². The summed E-state index contributed by atoms with van der Waals surface area (Å²) in [4.78, 5) is 43.1. The number of hydrogen-bond acceptors (Lipinski definition) is 12. The van der Waals surface area contributed by atoms with Crippen LogP contribution in [0.5, 0.6) is 11.5 Å². The third kappa shape index (κ3) is 12.9. The Balaban J connectivity index is 0.000000208. The van der Waals surface area contributed by atoms with Gasteiger partial charge in [0.1, 0.15) is 28.3 Å². The van der Waals surface area contributed by atoms with Gasteiger partial charge in [0.15, 0.2) is 0 Å². The van der Waals surface area contributed by atoms with E-state index in [2.05, 4.69) is 40.4 Å². The van der Waals surface area contributed by atoms with Crippen LogP contribution in [-0.4, -0.2) is 81.8 Å². The van der Waals surface area contributed by atoms with Gasteiger partial charge in [0.05, 0.1) is 17.2 Å². The molecule has 0 radical (unpaired) electrons. The number of fused-ring (bicyclic) bond motifs is 2. The van der Waals surface area contributed by atoms with E-state index < -0.39 is 0 Å². The normalized spacial score (nSPS) is 10.8. The molecule has 0 fully saturated rings. The zero-order chi connectivity index (χ0) is 41.1. The van der Waals surface area contributed by atoms with Gasteiger partial charge in [0, 0.05) is 66.7 Å². The molecule has 2 aromatic heterocycles. The molecule has 0 aliphatic carbocycles. The summed E-state index contributed by atoms with van der Waals surface area (Å²) >= 11 is 17.6. The van der Waals surface area contributed by atoms with E-state index in [-0.39, 0.29) is 22.7 Å². The van der Waals surface area contributed by atoms with Gasteiger partial charge >= 0.3 is 0 Å². The number of carbonyl (C=O) groups excluding carboxylic acids is 2. The smallest absolute Gasteiger partial charge is 0.227 e. The van der Waals surface area contributed by atoms with E-state index in [9.17, 15) is 14.7 Å². The van der Waals surface area contributed by atoms with Gasteiger partial charge in [-0.15, -0.1) is 0 Å². The van der Waals surface area contributed by atoms with Gasteiger partial charge in [0.25, 0.3) is 0 Å². The van der Waals surface area contributed by atoms with Crippen LogP contribution in [-0.2, 0) is 29.1 Å². The van der Waals surface area contributed by atoms with Crippen molar-refractivity contribution in [1.82, 2.24) is 29.7 Å². The van der Waals surface area contributed by atoms with E-state index in [0.29, 0.717) is 55.7 Å². The molecule has 5 N–H and O–H groups in total. The summed E-state index contributed by atoms with van der Waals surface area (Å²) in [7, 11) is 9.57. The largest absolute Gasteiger partial charge is 0.506 e. The number of methoxy groups -OCH3 is 1. The van der Waals surface area contributed by atoms with Crippen LogP contribution in [0.4, 0.5) is 23.0 Å². The predicted octanol–water partition coefficient (Wildman–Crippen LogP) is 8.16. The van der Waals surface area contributed by atoms with Crippen molar-refractivity contribution in [3.63, 3.8) is 0 Å². The number of anilines is 4. The van der Waals surface area contributed by atoms with Crippen LogP contribution < -0.4 is 21.1 Å². The third-order valence-corrected chi connectivity index (χ3v) is 8.46. The average Bonchev–Trinajstić information content (AvgIpc) is 3.09. The highest BCUT2D eigenvalue weighted by Crippen LogP contribution is 2.31. The molecule has 0 spiro atoms. The topological polar surface area (TPSA) is 172 Å². The van der Waals surface area contributed by atoms with Crippen molar-refractivity contribution in [3.05, 3.63) is 105 Å². The standard InChI is InChI=1S/C20H22ClN5O2.C12H18N2O.C8H4Cl2N2O/c1-12(27)23-14-7-13(11-26(2)3)8-15(9-14)24-20-22-10-16-17(21)5-6-18(28-4)19(16)25-20;1-9(15)4-10-5-11(8-14(2)3)7-12(13)6-10;9-5-1-2-6(13)7-4(5)3-11-8(10)12-7/h5-10H,11H2,1-4H3,(H,23,27)(H,22,24,25);5-7H,4,8,13H2,1-3H3;1-3,13H. The molecule has 294 valence electrons. The van der Waals surface area contributed by atoms with E-state index >= 15 is 0 Å². The Morgan fingerprint density at radius 2 is 1.36 bits per heavy atom. The van der Waals surface area contributed by atoms with Gasteiger partial charge in [-0.05, 0) is 118 Å². The quantitative estimate of drug-likeness (QED) is 0.0773. The summed E-state index contributed by atoms with van der Waals surface area (Å²) in [6.07, 6.45) is 3.60. The Labute approximate surface area is 340 Å². The number of hydrogen-bond donors (Lipinski definition) is 4. The molecule has 13 nitrogen and oxygen atoms in total. The SMILES string of the molecule is CC(=O)Cc1cc(N)cc(CN(C)C)c1.COc1ccc(Cl)c2cnc(Nc3cc(CN(C)C)cc(NC(C)=O)c3)nc12.Oc1ccc(Cl)c2cnc(Cl)nc12. The number of nitrogens with one attached hydrogen (secondary N) is 2. The van der Waals surface area contributed by atoms with Crippen LogP contribution in [0.15, 0.2) is 73.1 Å². The average molecular weight is 821 g/mol. The minimum atomic E-state index is -0.130.